The average Bonchev–Trinajstić information content (AvgIpc) is 2.53. The van der Waals surface area contributed by atoms with Gasteiger partial charge in [0.15, 0.2) is 0 Å². The van der Waals surface area contributed by atoms with Gasteiger partial charge in [-0.15, -0.1) is 0 Å². The Labute approximate surface area is 124 Å². The molecule has 0 saturated heterocycles. The predicted molar refractivity (Wildman–Crippen MR) is 82.6 cm³/mol. The third-order valence-electron chi connectivity index (χ3n) is 3.12. The zero-order chi connectivity index (χ0) is 15.1. The highest BCUT2D eigenvalue weighted by atomic mass is 16.2. The monoisotopic (exact) mass is 279 g/mol. The van der Waals surface area contributed by atoms with Crippen LogP contribution < -0.4 is 5.32 Å². The number of carbonyl (C=O) groups excluding carboxylic acids is 1. The third-order valence-corrected chi connectivity index (χ3v) is 3.12. The van der Waals surface area contributed by atoms with E-state index in [0.29, 0.717) is 12.1 Å². The molecule has 0 bridgehead atoms. The van der Waals surface area contributed by atoms with Crippen molar-refractivity contribution in [2.75, 3.05) is 18.9 Å². The topological polar surface area (TPSA) is 56.1 Å². The van der Waals surface area contributed by atoms with Gasteiger partial charge in [-0.05, 0) is 23.8 Å². The van der Waals surface area contributed by atoms with E-state index in [1.807, 2.05) is 36.4 Å². The lowest BCUT2D eigenvalue weighted by Crippen LogP contribution is -2.31. The summed E-state index contributed by atoms with van der Waals surface area (Å²) in [4.78, 5) is 13.8. The molecule has 4 nitrogen and oxygen atoms in total. The molecule has 21 heavy (non-hydrogen) atoms. The van der Waals surface area contributed by atoms with Gasteiger partial charge in [0.05, 0.1) is 18.2 Å². The summed E-state index contributed by atoms with van der Waals surface area (Å²) >= 11 is 0. The molecule has 4 heteroatoms. The van der Waals surface area contributed by atoms with E-state index in [0.717, 1.165) is 11.3 Å². The van der Waals surface area contributed by atoms with E-state index in [4.69, 9.17) is 5.26 Å². The number of rotatable bonds is 5. The first-order valence-corrected chi connectivity index (χ1v) is 6.71. The van der Waals surface area contributed by atoms with Gasteiger partial charge in [-0.25, -0.2) is 0 Å². The van der Waals surface area contributed by atoms with Crippen molar-refractivity contribution >= 4 is 11.6 Å². The van der Waals surface area contributed by atoms with Crippen molar-refractivity contribution in [3.8, 4) is 6.07 Å². The maximum absolute atomic E-state index is 12.1. The highest BCUT2D eigenvalue weighted by Crippen LogP contribution is 2.09. The molecule has 0 spiro atoms. The van der Waals surface area contributed by atoms with Gasteiger partial charge in [0.25, 0.3) is 0 Å². The maximum atomic E-state index is 12.1. The Morgan fingerprint density at radius 1 is 1.19 bits per heavy atom. The van der Waals surface area contributed by atoms with Crippen LogP contribution in [0.25, 0.3) is 0 Å². The zero-order valence-electron chi connectivity index (χ0n) is 11.9. The van der Waals surface area contributed by atoms with Crippen LogP contribution in [0.15, 0.2) is 54.6 Å². The van der Waals surface area contributed by atoms with Crippen molar-refractivity contribution < 1.29 is 4.79 Å². The molecule has 1 N–H and O–H groups in total. The minimum atomic E-state index is 0.00112. The van der Waals surface area contributed by atoms with Crippen LogP contribution in [0.4, 0.5) is 5.69 Å². The van der Waals surface area contributed by atoms with Crippen molar-refractivity contribution in [3.05, 3.63) is 65.7 Å². The maximum Gasteiger partial charge on any atom is 0.241 e. The second-order valence-electron chi connectivity index (χ2n) is 4.78. The molecule has 0 aliphatic heterocycles. The molecular formula is C17H17N3O. The van der Waals surface area contributed by atoms with Crippen LogP contribution in [0.1, 0.15) is 11.1 Å². The summed E-state index contributed by atoms with van der Waals surface area (Å²) in [6.45, 7) is 0.789. The van der Waals surface area contributed by atoms with Crippen LogP contribution in [0.5, 0.6) is 0 Å². The lowest BCUT2D eigenvalue weighted by atomic mass is 10.2. The van der Waals surface area contributed by atoms with Crippen molar-refractivity contribution in [1.82, 2.24) is 4.90 Å². The average molecular weight is 279 g/mol. The molecule has 0 aliphatic carbocycles. The van der Waals surface area contributed by atoms with Crippen LogP contribution in [0, 0.1) is 11.3 Å². The van der Waals surface area contributed by atoms with E-state index in [1.54, 1.807) is 30.1 Å². The highest BCUT2D eigenvalue weighted by Gasteiger charge is 2.08. The molecule has 106 valence electrons. The number of hydrogen-bond donors (Lipinski definition) is 1. The summed E-state index contributed by atoms with van der Waals surface area (Å²) in [6, 6.07) is 19.0. The fraction of sp³-hybridized carbons (Fsp3) is 0.176. The Bertz CT molecular complexity index is 647. The first kappa shape index (κ1) is 14.6. The fourth-order valence-electron chi connectivity index (χ4n) is 1.96. The van der Waals surface area contributed by atoms with E-state index in [9.17, 15) is 4.79 Å². The number of nitriles is 1. The molecule has 0 radical (unpaired) electrons. The smallest absolute Gasteiger partial charge is 0.241 e. The first-order chi connectivity index (χ1) is 10.2. The Morgan fingerprint density at radius 3 is 2.67 bits per heavy atom. The molecule has 0 saturated carbocycles. The summed E-state index contributed by atoms with van der Waals surface area (Å²) in [5, 5.41) is 11.9. The molecule has 0 aromatic heterocycles. The third kappa shape index (κ3) is 4.36. The van der Waals surface area contributed by atoms with Crippen LogP contribution in [0.3, 0.4) is 0 Å². The van der Waals surface area contributed by atoms with Gasteiger partial charge in [0.2, 0.25) is 5.91 Å². The number of carbonyl (C=O) groups is 1. The molecule has 1 amide bonds. The predicted octanol–water partition coefficient (Wildman–Crippen LogP) is 2.63. The van der Waals surface area contributed by atoms with Crippen LogP contribution in [0.2, 0.25) is 0 Å². The number of nitrogens with zero attached hydrogens (tertiary/aromatic N) is 2. The van der Waals surface area contributed by atoms with Gasteiger partial charge in [0, 0.05) is 19.3 Å². The molecule has 2 aromatic rings. The van der Waals surface area contributed by atoms with Crippen molar-refractivity contribution in [3.63, 3.8) is 0 Å². The number of benzene rings is 2. The van der Waals surface area contributed by atoms with Gasteiger partial charge in [0.1, 0.15) is 0 Å². The van der Waals surface area contributed by atoms with Crippen molar-refractivity contribution in [2.45, 2.75) is 6.54 Å². The second kappa shape index (κ2) is 7.11. The number of anilines is 1. The molecule has 2 rings (SSSR count). The zero-order valence-corrected chi connectivity index (χ0v) is 11.9. The number of amides is 1. The van der Waals surface area contributed by atoms with Gasteiger partial charge in [-0.2, -0.15) is 5.26 Å². The Hall–Kier alpha value is -2.80. The molecular weight excluding hydrogens is 262 g/mol. The highest BCUT2D eigenvalue weighted by molar-refractivity contribution is 5.80. The summed E-state index contributed by atoms with van der Waals surface area (Å²) in [6.07, 6.45) is 0. The van der Waals surface area contributed by atoms with Crippen LogP contribution in [-0.2, 0) is 11.3 Å². The van der Waals surface area contributed by atoms with E-state index < -0.39 is 0 Å². The standard InChI is InChI=1S/C17H17N3O/c1-20(13-14-6-3-2-4-7-14)17(21)12-19-16-9-5-8-15(10-16)11-18/h2-10,19H,12-13H2,1H3. The summed E-state index contributed by atoms with van der Waals surface area (Å²) in [5.41, 5.74) is 2.44. The van der Waals surface area contributed by atoms with Crippen LogP contribution >= 0.6 is 0 Å². The van der Waals surface area contributed by atoms with Crippen molar-refractivity contribution in [2.24, 2.45) is 0 Å². The Balaban J connectivity index is 1.88. The molecule has 2 aromatic carbocycles. The molecule has 0 aliphatic rings. The van der Waals surface area contributed by atoms with Gasteiger partial charge in [-0.3, -0.25) is 4.79 Å². The minimum absolute atomic E-state index is 0.00112. The lowest BCUT2D eigenvalue weighted by Gasteiger charge is -2.18. The molecule has 0 atom stereocenters. The van der Waals surface area contributed by atoms with Gasteiger partial charge in [-0.1, -0.05) is 36.4 Å². The molecule has 0 heterocycles. The molecule has 0 fully saturated rings. The fourth-order valence-corrected chi connectivity index (χ4v) is 1.96. The minimum Gasteiger partial charge on any atom is -0.376 e. The summed E-state index contributed by atoms with van der Waals surface area (Å²) in [5.74, 6) is 0.00112. The largest absolute Gasteiger partial charge is 0.376 e. The Morgan fingerprint density at radius 2 is 1.95 bits per heavy atom. The SMILES string of the molecule is CN(Cc1ccccc1)C(=O)CNc1cccc(C#N)c1. The van der Waals surface area contributed by atoms with Gasteiger partial charge >= 0.3 is 0 Å². The number of hydrogen-bond acceptors (Lipinski definition) is 3. The number of nitrogens with one attached hydrogen (secondary N) is 1. The number of likely N-dealkylation sites (N-methyl/N-ethyl adjacent to an activating group) is 1. The van der Waals surface area contributed by atoms with E-state index in [1.165, 1.54) is 0 Å². The normalized spacial score (nSPS) is 9.71. The van der Waals surface area contributed by atoms with Crippen LogP contribution in [-0.4, -0.2) is 24.4 Å². The van der Waals surface area contributed by atoms with E-state index in [2.05, 4.69) is 11.4 Å². The first-order valence-electron chi connectivity index (χ1n) is 6.71. The summed E-state index contributed by atoms with van der Waals surface area (Å²) in [7, 11) is 1.78. The Kier molecular flexibility index (Phi) is 4.94. The molecule has 0 unspecified atom stereocenters. The van der Waals surface area contributed by atoms with E-state index in [-0.39, 0.29) is 12.5 Å². The van der Waals surface area contributed by atoms with E-state index >= 15 is 0 Å². The quantitative estimate of drug-likeness (QED) is 0.915. The summed E-state index contributed by atoms with van der Waals surface area (Å²) < 4.78 is 0. The lowest BCUT2D eigenvalue weighted by molar-refractivity contribution is -0.128. The van der Waals surface area contributed by atoms with Crippen molar-refractivity contribution in [1.29, 1.82) is 5.26 Å². The van der Waals surface area contributed by atoms with Gasteiger partial charge < -0.3 is 10.2 Å². The second-order valence-corrected chi connectivity index (χ2v) is 4.78.